The maximum Gasteiger partial charge on any atom is 0.433 e. The van der Waals surface area contributed by atoms with E-state index >= 15 is 0 Å². The summed E-state index contributed by atoms with van der Waals surface area (Å²) >= 11 is 0. The summed E-state index contributed by atoms with van der Waals surface area (Å²) < 4.78 is 45.8. The number of hydrogen-bond acceptors (Lipinski definition) is 5. The maximum absolute atomic E-state index is 13.4. The van der Waals surface area contributed by atoms with E-state index in [2.05, 4.69) is 20.6 Å². The monoisotopic (exact) mass is 365 g/mol. The number of aromatic nitrogens is 4. The summed E-state index contributed by atoms with van der Waals surface area (Å²) in [5.41, 5.74) is 0.0696. The van der Waals surface area contributed by atoms with Crippen LogP contribution in [0.2, 0.25) is 0 Å². The quantitative estimate of drug-likeness (QED) is 0.768. The molecule has 3 aromatic rings. The van der Waals surface area contributed by atoms with Crippen LogP contribution >= 0.6 is 0 Å². The van der Waals surface area contributed by atoms with Crippen LogP contribution in [0.15, 0.2) is 16.8 Å². The molecule has 0 bridgehead atoms. The van der Waals surface area contributed by atoms with Crippen LogP contribution in [-0.4, -0.2) is 25.7 Å². The van der Waals surface area contributed by atoms with Crippen molar-refractivity contribution in [2.45, 2.75) is 38.8 Å². The van der Waals surface area contributed by atoms with Crippen LogP contribution in [0.1, 0.15) is 52.0 Å². The predicted molar refractivity (Wildman–Crippen MR) is 83.9 cm³/mol. The standard InChI is InChI=1S/C16H14F3N5O2/c1-7-13(8(2)26-23-7)22-15(25)10-6-20-24-12(16(17,18)19)5-11(9-3-4-9)21-14(10)24/h5-6,9H,3-4H2,1-2H3,(H,22,25). The van der Waals surface area contributed by atoms with E-state index in [0.29, 0.717) is 27.4 Å². The topological polar surface area (TPSA) is 85.3 Å². The molecule has 136 valence electrons. The molecule has 3 heterocycles. The number of alkyl halides is 3. The van der Waals surface area contributed by atoms with Crippen molar-refractivity contribution in [3.63, 3.8) is 0 Å². The minimum atomic E-state index is -4.60. The average Bonchev–Trinajstić information content (AvgIpc) is 3.27. The van der Waals surface area contributed by atoms with E-state index in [1.807, 2.05) is 0 Å². The van der Waals surface area contributed by atoms with Gasteiger partial charge in [0.25, 0.3) is 5.91 Å². The number of rotatable bonds is 3. The fraction of sp³-hybridized carbons (Fsp3) is 0.375. The van der Waals surface area contributed by atoms with Gasteiger partial charge in [-0.3, -0.25) is 4.79 Å². The molecule has 0 aromatic carbocycles. The van der Waals surface area contributed by atoms with Gasteiger partial charge in [0.15, 0.2) is 11.4 Å². The molecule has 0 atom stereocenters. The van der Waals surface area contributed by atoms with Gasteiger partial charge in [0.2, 0.25) is 0 Å². The van der Waals surface area contributed by atoms with E-state index in [-0.39, 0.29) is 17.1 Å². The van der Waals surface area contributed by atoms with Gasteiger partial charge < -0.3 is 9.84 Å². The molecule has 3 aromatic heterocycles. The van der Waals surface area contributed by atoms with Crippen LogP contribution in [-0.2, 0) is 6.18 Å². The third-order valence-electron chi connectivity index (χ3n) is 4.29. The first kappa shape index (κ1) is 16.6. The fourth-order valence-corrected chi connectivity index (χ4v) is 2.77. The minimum absolute atomic E-state index is 0.00512. The van der Waals surface area contributed by atoms with E-state index in [1.165, 1.54) is 0 Å². The molecule has 4 rings (SSSR count). The van der Waals surface area contributed by atoms with Gasteiger partial charge in [-0.25, -0.2) is 9.50 Å². The molecule has 1 saturated carbocycles. The molecule has 1 amide bonds. The van der Waals surface area contributed by atoms with Crippen molar-refractivity contribution in [1.82, 2.24) is 19.8 Å². The Bertz CT molecular complexity index is 997. The average molecular weight is 365 g/mol. The highest BCUT2D eigenvalue weighted by Gasteiger charge is 2.38. The summed E-state index contributed by atoms with van der Waals surface area (Å²) in [4.78, 5) is 16.9. The van der Waals surface area contributed by atoms with Crippen molar-refractivity contribution < 1.29 is 22.5 Å². The molecule has 0 saturated heterocycles. The number of carbonyl (C=O) groups is 1. The molecule has 0 aliphatic heterocycles. The van der Waals surface area contributed by atoms with Crippen LogP contribution in [0.5, 0.6) is 0 Å². The zero-order valence-corrected chi connectivity index (χ0v) is 13.9. The molecule has 7 nitrogen and oxygen atoms in total. The number of halogens is 3. The Morgan fingerprint density at radius 1 is 1.35 bits per heavy atom. The summed E-state index contributed by atoms with van der Waals surface area (Å²) in [5.74, 6) is -0.229. The first-order valence-corrected chi connectivity index (χ1v) is 7.96. The summed E-state index contributed by atoms with van der Waals surface area (Å²) in [6.45, 7) is 3.27. The van der Waals surface area contributed by atoms with Gasteiger partial charge in [-0.1, -0.05) is 5.16 Å². The zero-order chi connectivity index (χ0) is 18.6. The van der Waals surface area contributed by atoms with E-state index < -0.39 is 17.8 Å². The summed E-state index contributed by atoms with van der Waals surface area (Å²) in [6.07, 6.45) is -1.95. The number of nitrogens with one attached hydrogen (secondary N) is 1. The van der Waals surface area contributed by atoms with E-state index in [1.54, 1.807) is 13.8 Å². The van der Waals surface area contributed by atoms with Crippen molar-refractivity contribution in [3.05, 3.63) is 40.7 Å². The lowest BCUT2D eigenvalue weighted by molar-refractivity contribution is -0.142. The normalized spacial score (nSPS) is 14.8. The summed E-state index contributed by atoms with van der Waals surface area (Å²) in [7, 11) is 0. The maximum atomic E-state index is 13.4. The van der Waals surface area contributed by atoms with Crippen LogP contribution in [0, 0.1) is 13.8 Å². The second kappa shape index (κ2) is 5.55. The summed E-state index contributed by atoms with van der Waals surface area (Å²) in [6, 6.07) is 1.01. The number of fused-ring (bicyclic) bond motifs is 1. The highest BCUT2D eigenvalue weighted by Crippen LogP contribution is 2.41. The lowest BCUT2D eigenvalue weighted by atomic mass is 10.2. The Morgan fingerprint density at radius 2 is 2.08 bits per heavy atom. The van der Waals surface area contributed by atoms with E-state index in [9.17, 15) is 18.0 Å². The third-order valence-corrected chi connectivity index (χ3v) is 4.29. The van der Waals surface area contributed by atoms with Gasteiger partial charge in [0, 0.05) is 11.6 Å². The van der Waals surface area contributed by atoms with Gasteiger partial charge in [-0.15, -0.1) is 0 Å². The van der Waals surface area contributed by atoms with Gasteiger partial charge in [0.05, 0.1) is 6.20 Å². The van der Waals surface area contributed by atoms with Crippen molar-refractivity contribution in [2.24, 2.45) is 0 Å². The minimum Gasteiger partial charge on any atom is -0.359 e. The Labute approximate surface area is 145 Å². The van der Waals surface area contributed by atoms with Crippen molar-refractivity contribution >= 4 is 17.2 Å². The van der Waals surface area contributed by atoms with Crippen LogP contribution in [0.4, 0.5) is 18.9 Å². The second-order valence-corrected chi connectivity index (χ2v) is 6.29. The fourth-order valence-electron chi connectivity index (χ4n) is 2.77. The number of nitrogens with zero attached hydrogens (tertiary/aromatic N) is 4. The number of amides is 1. The molecule has 1 aliphatic rings. The third kappa shape index (κ3) is 2.71. The van der Waals surface area contributed by atoms with E-state index in [4.69, 9.17) is 4.52 Å². The van der Waals surface area contributed by atoms with Crippen molar-refractivity contribution in [1.29, 1.82) is 0 Å². The van der Waals surface area contributed by atoms with Gasteiger partial charge in [-0.2, -0.15) is 18.3 Å². The van der Waals surface area contributed by atoms with Gasteiger partial charge >= 0.3 is 6.18 Å². The second-order valence-electron chi connectivity index (χ2n) is 6.29. The largest absolute Gasteiger partial charge is 0.433 e. The molecular formula is C16H14F3N5O2. The molecule has 1 fully saturated rings. The molecule has 10 heteroatoms. The van der Waals surface area contributed by atoms with Crippen LogP contribution in [0.25, 0.3) is 5.65 Å². The Balaban J connectivity index is 1.81. The molecule has 26 heavy (non-hydrogen) atoms. The molecule has 0 spiro atoms. The van der Waals surface area contributed by atoms with Crippen molar-refractivity contribution in [3.8, 4) is 0 Å². The first-order valence-electron chi connectivity index (χ1n) is 7.96. The Morgan fingerprint density at radius 3 is 2.65 bits per heavy atom. The highest BCUT2D eigenvalue weighted by molar-refractivity contribution is 6.08. The summed E-state index contributed by atoms with van der Waals surface area (Å²) in [5, 5.41) is 10.1. The van der Waals surface area contributed by atoms with Gasteiger partial charge in [0.1, 0.15) is 22.6 Å². The number of carbonyl (C=O) groups excluding carboxylic acids is 1. The highest BCUT2D eigenvalue weighted by atomic mass is 19.4. The smallest absolute Gasteiger partial charge is 0.359 e. The molecule has 0 radical (unpaired) electrons. The lowest BCUT2D eigenvalue weighted by Gasteiger charge is -2.11. The molecular weight excluding hydrogens is 351 g/mol. The van der Waals surface area contributed by atoms with Crippen molar-refractivity contribution in [2.75, 3.05) is 5.32 Å². The Hall–Kier alpha value is -2.91. The van der Waals surface area contributed by atoms with Crippen LogP contribution in [0.3, 0.4) is 0 Å². The lowest BCUT2D eigenvalue weighted by Crippen LogP contribution is -2.16. The zero-order valence-electron chi connectivity index (χ0n) is 13.9. The SMILES string of the molecule is Cc1noc(C)c1NC(=O)c1cnn2c(C(F)(F)F)cc(C3CC3)nc12. The first-order chi connectivity index (χ1) is 12.3. The number of hydrogen-bond donors (Lipinski definition) is 1. The number of anilines is 1. The number of aryl methyl sites for hydroxylation is 2. The molecule has 1 N–H and O–H groups in total. The Kier molecular flexibility index (Phi) is 3.53. The van der Waals surface area contributed by atoms with Gasteiger partial charge in [-0.05, 0) is 32.8 Å². The van der Waals surface area contributed by atoms with Crippen LogP contribution < -0.4 is 5.32 Å². The van der Waals surface area contributed by atoms with E-state index in [0.717, 1.165) is 25.1 Å². The molecule has 0 unspecified atom stereocenters. The molecule has 1 aliphatic carbocycles. The predicted octanol–water partition coefficient (Wildman–Crippen LogP) is 3.48.